The summed E-state index contributed by atoms with van der Waals surface area (Å²) in [5.41, 5.74) is 3.79. The summed E-state index contributed by atoms with van der Waals surface area (Å²) in [5.74, 6) is -0.432. The van der Waals surface area contributed by atoms with Crippen LogP contribution in [0.2, 0.25) is 5.02 Å². The van der Waals surface area contributed by atoms with Gasteiger partial charge in [-0.2, -0.15) is 5.10 Å². The first-order chi connectivity index (χ1) is 9.40. The van der Waals surface area contributed by atoms with Crippen molar-refractivity contribution < 1.29 is 4.39 Å². The van der Waals surface area contributed by atoms with E-state index in [1.165, 1.54) is 6.07 Å². The van der Waals surface area contributed by atoms with Gasteiger partial charge in [0.25, 0.3) is 0 Å². The zero-order valence-electron chi connectivity index (χ0n) is 12.2. The summed E-state index contributed by atoms with van der Waals surface area (Å²) in [6.07, 6.45) is 0. The smallest absolute Gasteiger partial charge is 0.143 e. The first kappa shape index (κ1) is 15.0. The van der Waals surface area contributed by atoms with Crippen LogP contribution >= 0.6 is 11.6 Å². The minimum absolute atomic E-state index is 0.122. The Kier molecular flexibility index (Phi) is 4.45. The molecule has 1 heterocycles. The highest BCUT2D eigenvalue weighted by molar-refractivity contribution is 6.30. The van der Waals surface area contributed by atoms with E-state index in [9.17, 15) is 4.39 Å². The van der Waals surface area contributed by atoms with Gasteiger partial charge in [-0.05, 0) is 26.0 Å². The van der Waals surface area contributed by atoms with E-state index in [0.29, 0.717) is 11.7 Å². The zero-order valence-corrected chi connectivity index (χ0v) is 12.9. The molecule has 3 nitrogen and oxygen atoms in total. The molecular formula is C15H19ClFN3. The van der Waals surface area contributed by atoms with Gasteiger partial charge in [0.15, 0.2) is 0 Å². The maximum atomic E-state index is 13.6. The van der Waals surface area contributed by atoms with Crippen LogP contribution in [0, 0.1) is 19.7 Å². The van der Waals surface area contributed by atoms with E-state index in [4.69, 9.17) is 11.6 Å². The van der Waals surface area contributed by atoms with Gasteiger partial charge in [-0.25, -0.2) is 9.07 Å². The Bertz CT molecular complexity index is 620. The minimum Gasteiger partial charge on any atom is -0.310 e. The first-order valence-corrected chi connectivity index (χ1v) is 7.02. The lowest BCUT2D eigenvalue weighted by Gasteiger charge is -2.09. The van der Waals surface area contributed by atoms with Crippen LogP contribution in [0.1, 0.15) is 30.8 Å². The Morgan fingerprint density at radius 3 is 2.65 bits per heavy atom. The molecule has 0 radical (unpaired) electrons. The number of halogens is 2. The summed E-state index contributed by atoms with van der Waals surface area (Å²) in [6, 6.07) is 5.13. The molecule has 0 unspecified atom stereocenters. The molecular weight excluding hydrogens is 277 g/mol. The molecule has 20 heavy (non-hydrogen) atoms. The molecule has 0 amide bonds. The normalized spacial score (nSPS) is 11.3. The molecule has 0 saturated heterocycles. The van der Waals surface area contributed by atoms with Crippen LogP contribution in [0.3, 0.4) is 0 Å². The van der Waals surface area contributed by atoms with Gasteiger partial charge < -0.3 is 5.32 Å². The van der Waals surface area contributed by atoms with Gasteiger partial charge in [-0.15, -0.1) is 0 Å². The molecule has 0 bridgehead atoms. The quantitative estimate of drug-likeness (QED) is 0.930. The highest BCUT2D eigenvalue weighted by Gasteiger charge is 2.13. The van der Waals surface area contributed by atoms with Crippen molar-refractivity contribution in [1.82, 2.24) is 15.1 Å². The van der Waals surface area contributed by atoms with Crippen molar-refractivity contribution in [2.45, 2.75) is 40.3 Å². The molecule has 1 aromatic carbocycles. The Labute approximate surface area is 123 Å². The molecule has 0 saturated carbocycles. The second-order valence-corrected chi connectivity index (χ2v) is 5.60. The summed E-state index contributed by atoms with van der Waals surface area (Å²) in [7, 11) is 0. The molecule has 0 aliphatic carbocycles. The minimum atomic E-state index is -0.432. The second-order valence-electron chi connectivity index (χ2n) is 5.20. The molecule has 1 N–H and O–H groups in total. The van der Waals surface area contributed by atoms with E-state index in [2.05, 4.69) is 24.3 Å². The SMILES string of the molecule is Cc1nn(-c2ccc(Cl)c(F)c2)c(C)c1CNC(C)C. The lowest BCUT2D eigenvalue weighted by molar-refractivity contribution is 0.586. The van der Waals surface area contributed by atoms with Crippen LogP contribution in [-0.2, 0) is 6.54 Å². The van der Waals surface area contributed by atoms with Crippen LogP contribution < -0.4 is 5.32 Å². The van der Waals surface area contributed by atoms with Crippen LogP contribution in [0.4, 0.5) is 4.39 Å². The average Bonchev–Trinajstić information content (AvgIpc) is 2.66. The van der Waals surface area contributed by atoms with Crippen molar-refractivity contribution >= 4 is 11.6 Å². The summed E-state index contributed by atoms with van der Waals surface area (Å²) in [5, 5.41) is 8.00. The lowest BCUT2D eigenvalue weighted by atomic mass is 10.2. The third kappa shape index (κ3) is 3.02. The van der Waals surface area contributed by atoms with E-state index in [1.807, 2.05) is 13.8 Å². The molecule has 0 fully saturated rings. The van der Waals surface area contributed by atoms with E-state index in [1.54, 1.807) is 16.8 Å². The van der Waals surface area contributed by atoms with Crippen molar-refractivity contribution in [3.8, 4) is 5.69 Å². The van der Waals surface area contributed by atoms with Crippen LogP contribution in [0.15, 0.2) is 18.2 Å². The molecule has 0 spiro atoms. The van der Waals surface area contributed by atoms with Gasteiger partial charge in [0.1, 0.15) is 5.82 Å². The predicted octanol–water partition coefficient (Wildman–Crippen LogP) is 3.78. The number of hydrogen-bond acceptors (Lipinski definition) is 2. The third-order valence-corrected chi connectivity index (χ3v) is 3.58. The standard InChI is InChI=1S/C15H19ClFN3/c1-9(2)18-8-13-10(3)19-20(11(13)4)12-5-6-14(16)15(17)7-12/h5-7,9,18H,8H2,1-4H3. The Hall–Kier alpha value is -1.39. The van der Waals surface area contributed by atoms with Crippen LogP contribution in [-0.4, -0.2) is 15.8 Å². The first-order valence-electron chi connectivity index (χ1n) is 6.64. The Morgan fingerprint density at radius 2 is 2.05 bits per heavy atom. The molecule has 0 aliphatic heterocycles. The topological polar surface area (TPSA) is 29.9 Å². The summed E-state index contributed by atoms with van der Waals surface area (Å²) in [6.45, 7) is 8.91. The number of nitrogens with zero attached hydrogens (tertiary/aromatic N) is 2. The van der Waals surface area contributed by atoms with Crippen molar-refractivity contribution in [1.29, 1.82) is 0 Å². The highest BCUT2D eigenvalue weighted by atomic mass is 35.5. The van der Waals surface area contributed by atoms with Gasteiger partial charge >= 0.3 is 0 Å². The number of aromatic nitrogens is 2. The maximum absolute atomic E-state index is 13.6. The monoisotopic (exact) mass is 295 g/mol. The Morgan fingerprint density at radius 1 is 1.35 bits per heavy atom. The molecule has 108 valence electrons. The molecule has 2 rings (SSSR count). The van der Waals surface area contributed by atoms with Gasteiger partial charge in [-0.1, -0.05) is 25.4 Å². The molecule has 2 aromatic rings. The van der Waals surface area contributed by atoms with Gasteiger partial charge in [0.2, 0.25) is 0 Å². The fraction of sp³-hybridized carbons (Fsp3) is 0.400. The lowest BCUT2D eigenvalue weighted by Crippen LogP contribution is -2.22. The van der Waals surface area contributed by atoms with Gasteiger partial charge in [0, 0.05) is 29.9 Å². The summed E-state index contributed by atoms with van der Waals surface area (Å²) < 4.78 is 15.3. The molecule has 0 atom stereocenters. The molecule has 0 aliphatic rings. The maximum Gasteiger partial charge on any atom is 0.143 e. The number of rotatable bonds is 4. The summed E-state index contributed by atoms with van der Waals surface area (Å²) >= 11 is 5.71. The number of benzene rings is 1. The third-order valence-electron chi connectivity index (χ3n) is 3.28. The van der Waals surface area contributed by atoms with Crippen molar-refractivity contribution in [2.75, 3.05) is 0 Å². The van der Waals surface area contributed by atoms with Gasteiger partial charge in [-0.3, -0.25) is 0 Å². The number of aryl methyl sites for hydroxylation is 1. The van der Waals surface area contributed by atoms with E-state index < -0.39 is 5.82 Å². The molecule has 1 aromatic heterocycles. The Balaban J connectivity index is 2.38. The predicted molar refractivity (Wildman–Crippen MR) is 80.0 cm³/mol. The number of hydrogen-bond donors (Lipinski definition) is 1. The molecule has 5 heteroatoms. The van der Waals surface area contributed by atoms with Crippen molar-refractivity contribution in [3.05, 3.63) is 46.0 Å². The fourth-order valence-corrected chi connectivity index (χ4v) is 2.22. The fourth-order valence-electron chi connectivity index (χ4n) is 2.11. The highest BCUT2D eigenvalue weighted by Crippen LogP contribution is 2.21. The summed E-state index contributed by atoms with van der Waals surface area (Å²) in [4.78, 5) is 0. The second kappa shape index (κ2) is 5.94. The van der Waals surface area contributed by atoms with Crippen LogP contribution in [0.25, 0.3) is 5.69 Å². The zero-order chi connectivity index (χ0) is 14.9. The van der Waals surface area contributed by atoms with Crippen molar-refractivity contribution in [2.24, 2.45) is 0 Å². The van der Waals surface area contributed by atoms with Crippen LogP contribution in [0.5, 0.6) is 0 Å². The largest absolute Gasteiger partial charge is 0.310 e. The average molecular weight is 296 g/mol. The van der Waals surface area contributed by atoms with Crippen molar-refractivity contribution in [3.63, 3.8) is 0 Å². The van der Waals surface area contributed by atoms with E-state index in [-0.39, 0.29) is 5.02 Å². The van der Waals surface area contributed by atoms with Gasteiger partial charge in [0.05, 0.1) is 16.4 Å². The van der Waals surface area contributed by atoms with E-state index >= 15 is 0 Å². The number of nitrogens with one attached hydrogen (secondary N) is 1. The van der Waals surface area contributed by atoms with E-state index in [0.717, 1.165) is 23.5 Å².